The minimum absolute atomic E-state index is 0.0898. The molecule has 0 saturated carbocycles. The minimum Gasteiger partial charge on any atom is -0.468 e. The molecule has 1 saturated heterocycles. The van der Waals surface area contributed by atoms with E-state index in [0.717, 1.165) is 24.2 Å². The highest BCUT2D eigenvalue weighted by molar-refractivity contribution is 7.99. The molecule has 0 aliphatic carbocycles. The monoisotopic (exact) mass is 516 g/mol. The summed E-state index contributed by atoms with van der Waals surface area (Å²) < 4.78 is 16.1. The fourth-order valence-electron chi connectivity index (χ4n) is 3.95. The summed E-state index contributed by atoms with van der Waals surface area (Å²) in [6.45, 7) is 4.77. The number of hydrogen-bond donors (Lipinski definition) is 2. The summed E-state index contributed by atoms with van der Waals surface area (Å²) in [5.41, 5.74) is 0.941. The molecule has 1 unspecified atom stereocenters. The van der Waals surface area contributed by atoms with Crippen molar-refractivity contribution in [3.63, 3.8) is 0 Å². The number of thioether (sulfide) groups is 1. The first-order chi connectivity index (χ1) is 17.4. The van der Waals surface area contributed by atoms with Crippen LogP contribution in [0.2, 0.25) is 0 Å². The van der Waals surface area contributed by atoms with Gasteiger partial charge in [-0.05, 0) is 49.3 Å². The number of benzene rings is 1. The van der Waals surface area contributed by atoms with Gasteiger partial charge in [-0.3, -0.25) is 9.59 Å². The Morgan fingerprint density at radius 3 is 2.56 bits per heavy atom. The highest BCUT2D eigenvalue weighted by Crippen LogP contribution is 2.15. The van der Waals surface area contributed by atoms with Crippen LogP contribution in [0.4, 0.5) is 4.79 Å². The van der Waals surface area contributed by atoms with E-state index in [-0.39, 0.29) is 30.2 Å². The molecular weight excluding hydrogens is 480 g/mol. The van der Waals surface area contributed by atoms with Gasteiger partial charge in [0.25, 0.3) is 0 Å². The highest BCUT2D eigenvalue weighted by atomic mass is 32.2. The van der Waals surface area contributed by atoms with Crippen LogP contribution >= 0.6 is 11.8 Å². The van der Waals surface area contributed by atoms with Crippen LogP contribution in [0.25, 0.3) is 0 Å². The SMILES string of the molecule is CC(C)C[C@H](NC(=O)OCC1CCCO1)C(=O)N[C@@H](Cc1ccccc1)C(=O)CSCc1ccco1. The average Bonchev–Trinajstić information content (AvgIpc) is 3.57. The first-order valence-corrected chi connectivity index (χ1v) is 13.6. The fraction of sp³-hybridized carbons (Fsp3) is 0.519. The molecule has 1 aliphatic rings. The summed E-state index contributed by atoms with van der Waals surface area (Å²) in [5.74, 6) is 1.24. The summed E-state index contributed by atoms with van der Waals surface area (Å²) in [5, 5.41) is 5.58. The van der Waals surface area contributed by atoms with Gasteiger partial charge in [-0.25, -0.2) is 4.79 Å². The molecule has 1 aliphatic heterocycles. The number of nitrogens with one attached hydrogen (secondary N) is 2. The van der Waals surface area contributed by atoms with Crippen molar-refractivity contribution in [1.29, 1.82) is 0 Å². The number of ketones is 1. The van der Waals surface area contributed by atoms with Gasteiger partial charge in [0, 0.05) is 6.61 Å². The van der Waals surface area contributed by atoms with E-state index in [9.17, 15) is 14.4 Å². The summed E-state index contributed by atoms with van der Waals surface area (Å²) in [4.78, 5) is 38.8. The van der Waals surface area contributed by atoms with Crippen LogP contribution in [-0.4, -0.2) is 54.9 Å². The average molecular weight is 517 g/mol. The second kappa shape index (κ2) is 14.7. The Bertz CT molecular complexity index is 944. The largest absolute Gasteiger partial charge is 0.468 e. The van der Waals surface area contributed by atoms with Crippen molar-refractivity contribution in [2.45, 2.75) is 63.5 Å². The molecule has 36 heavy (non-hydrogen) atoms. The lowest BCUT2D eigenvalue weighted by atomic mass is 10.00. The van der Waals surface area contributed by atoms with Crippen molar-refractivity contribution in [3.8, 4) is 0 Å². The number of rotatable bonds is 14. The molecule has 8 nitrogen and oxygen atoms in total. The second-order valence-electron chi connectivity index (χ2n) is 9.35. The maximum atomic E-state index is 13.3. The second-order valence-corrected chi connectivity index (χ2v) is 10.3. The Hall–Kier alpha value is -2.78. The molecule has 2 N–H and O–H groups in total. The maximum Gasteiger partial charge on any atom is 0.407 e. The number of hydrogen-bond acceptors (Lipinski definition) is 7. The van der Waals surface area contributed by atoms with Gasteiger partial charge >= 0.3 is 6.09 Å². The van der Waals surface area contributed by atoms with E-state index >= 15 is 0 Å². The van der Waals surface area contributed by atoms with Crippen molar-refractivity contribution < 1.29 is 28.3 Å². The predicted octanol–water partition coefficient (Wildman–Crippen LogP) is 4.13. The smallest absolute Gasteiger partial charge is 0.407 e. The van der Waals surface area contributed by atoms with Crippen LogP contribution in [0, 0.1) is 5.92 Å². The molecule has 1 aromatic heterocycles. The van der Waals surface area contributed by atoms with Gasteiger partial charge in [-0.1, -0.05) is 44.2 Å². The predicted molar refractivity (Wildman–Crippen MR) is 139 cm³/mol. The van der Waals surface area contributed by atoms with Gasteiger partial charge in [0.15, 0.2) is 5.78 Å². The Morgan fingerprint density at radius 2 is 1.89 bits per heavy atom. The minimum atomic E-state index is -0.816. The normalized spacial score (nSPS) is 16.9. The van der Waals surface area contributed by atoms with Gasteiger partial charge in [0.05, 0.1) is 29.9 Å². The van der Waals surface area contributed by atoms with Crippen molar-refractivity contribution >= 4 is 29.5 Å². The molecule has 9 heteroatoms. The molecule has 2 aromatic rings. The van der Waals surface area contributed by atoms with Crippen molar-refractivity contribution in [1.82, 2.24) is 10.6 Å². The van der Waals surface area contributed by atoms with E-state index in [1.807, 2.05) is 56.3 Å². The van der Waals surface area contributed by atoms with Crippen molar-refractivity contribution in [3.05, 3.63) is 60.1 Å². The van der Waals surface area contributed by atoms with Gasteiger partial charge in [-0.2, -0.15) is 0 Å². The molecule has 2 heterocycles. The van der Waals surface area contributed by atoms with Crippen molar-refractivity contribution in [2.24, 2.45) is 5.92 Å². The molecule has 1 aromatic carbocycles. The summed E-state index contributed by atoms with van der Waals surface area (Å²) >= 11 is 1.44. The Kier molecular flexibility index (Phi) is 11.4. The molecule has 0 radical (unpaired) electrons. The number of ether oxygens (including phenoxy) is 2. The van der Waals surface area contributed by atoms with Crippen LogP contribution in [-0.2, 0) is 31.2 Å². The molecule has 3 rings (SSSR count). The van der Waals surface area contributed by atoms with Gasteiger partial charge in [0.2, 0.25) is 5.91 Å². The summed E-state index contributed by atoms with van der Waals surface area (Å²) in [7, 11) is 0. The van der Waals surface area contributed by atoms with Crippen LogP contribution in [0.15, 0.2) is 53.1 Å². The lowest BCUT2D eigenvalue weighted by molar-refractivity contribution is -0.128. The number of alkyl carbamates (subject to hydrolysis) is 1. The number of carbonyl (C=O) groups excluding carboxylic acids is 3. The zero-order chi connectivity index (χ0) is 25.8. The van der Waals surface area contributed by atoms with Gasteiger partial charge in [0.1, 0.15) is 18.4 Å². The first-order valence-electron chi connectivity index (χ1n) is 12.4. The Morgan fingerprint density at radius 1 is 1.08 bits per heavy atom. The third-order valence-electron chi connectivity index (χ3n) is 5.80. The Balaban J connectivity index is 1.61. The molecule has 0 spiro atoms. The summed E-state index contributed by atoms with van der Waals surface area (Å²) in [6.07, 6.45) is 3.43. The highest BCUT2D eigenvalue weighted by Gasteiger charge is 2.28. The van der Waals surface area contributed by atoms with Crippen LogP contribution in [0.5, 0.6) is 0 Å². The van der Waals surface area contributed by atoms with E-state index in [2.05, 4.69) is 10.6 Å². The topological polar surface area (TPSA) is 107 Å². The lowest BCUT2D eigenvalue weighted by Gasteiger charge is -2.24. The third kappa shape index (κ3) is 9.70. The van der Waals surface area contributed by atoms with E-state index in [0.29, 0.717) is 25.2 Å². The third-order valence-corrected chi connectivity index (χ3v) is 6.77. The van der Waals surface area contributed by atoms with E-state index < -0.39 is 24.1 Å². The maximum absolute atomic E-state index is 13.3. The number of amides is 2. The quantitative estimate of drug-likeness (QED) is 0.389. The molecule has 0 bridgehead atoms. The van der Waals surface area contributed by atoms with E-state index in [1.165, 1.54) is 11.8 Å². The van der Waals surface area contributed by atoms with Gasteiger partial charge < -0.3 is 24.5 Å². The standard InChI is InChI=1S/C27H36N2O6S/c1-19(2)14-24(29-27(32)35-16-21-10-6-12-33-21)26(31)28-23(15-20-8-4-3-5-9-20)25(30)18-36-17-22-11-7-13-34-22/h3-5,7-9,11,13,19,21,23-24H,6,10,12,14-18H2,1-2H3,(H,28,31)(H,29,32)/t21?,23-,24-/m0/s1. The zero-order valence-electron chi connectivity index (χ0n) is 20.9. The molecular formula is C27H36N2O6S. The van der Waals surface area contributed by atoms with Crippen molar-refractivity contribution in [2.75, 3.05) is 19.0 Å². The Labute approximate surface area is 216 Å². The number of furan rings is 1. The van der Waals surface area contributed by atoms with E-state index in [4.69, 9.17) is 13.9 Å². The molecule has 196 valence electrons. The number of carbonyl (C=O) groups is 3. The lowest BCUT2D eigenvalue weighted by Crippen LogP contribution is -2.53. The molecule has 3 atom stereocenters. The van der Waals surface area contributed by atoms with Gasteiger partial charge in [-0.15, -0.1) is 11.8 Å². The summed E-state index contributed by atoms with van der Waals surface area (Å²) in [6, 6.07) is 11.7. The fourth-order valence-corrected chi connectivity index (χ4v) is 4.82. The molecule has 2 amide bonds. The van der Waals surface area contributed by atoms with E-state index in [1.54, 1.807) is 6.26 Å². The van der Waals surface area contributed by atoms with Crippen LogP contribution < -0.4 is 10.6 Å². The zero-order valence-corrected chi connectivity index (χ0v) is 21.8. The van der Waals surface area contributed by atoms with Crippen LogP contribution in [0.1, 0.15) is 44.4 Å². The first kappa shape index (κ1) is 27.8. The van der Waals surface area contributed by atoms with Crippen LogP contribution in [0.3, 0.4) is 0 Å². The molecule has 1 fully saturated rings. The number of Topliss-reactive ketones (excluding diaryl/α,β-unsaturated/α-hetero) is 1.